The monoisotopic (exact) mass is 487 g/mol. The van der Waals surface area contributed by atoms with Crippen LogP contribution in [0.5, 0.6) is 0 Å². The van der Waals surface area contributed by atoms with Crippen LogP contribution in [0.1, 0.15) is 58.5 Å². The Morgan fingerprint density at radius 3 is 2.79 bits per heavy atom. The van der Waals surface area contributed by atoms with Crippen LogP contribution in [0.3, 0.4) is 0 Å². The molecule has 1 N–H and O–H groups in total. The van der Waals surface area contributed by atoms with Crippen LogP contribution in [0, 0.1) is 0 Å². The first-order valence-electron chi connectivity index (χ1n) is 11.2. The number of thioether (sulfide) groups is 1. The van der Waals surface area contributed by atoms with Gasteiger partial charge >= 0.3 is 5.97 Å². The SMILES string of the molecule is CCOC(=O)c1c(NC(=O)CSc2nnc(Cc3cccn3C)n2C)sc2c1CCCCC2. The van der Waals surface area contributed by atoms with E-state index in [1.165, 1.54) is 28.0 Å². The molecule has 0 spiro atoms. The summed E-state index contributed by atoms with van der Waals surface area (Å²) in [5.74, 6) is 0.500. The highest BCUT2D eigenvalue weighted by Crippen LogP contribution is 2.38. The summed E-state index contributed by atoms with van der Waals surface area (Å²) in [6.07, 6.45) is 7.79. The van der Waals surface area contributed by atoms with Crippen LogP contribution in [-0.4, -0.2) is 43.6 Å². The van der Waals surface area contributed by atoms with Gasteiger partial charge in [-0.05, 0) is 50.3 Å². The second-order valence-electron chi connectivity index (χ2n) is 8.07. The first-order valence-corrected chi connectivity index (χ1v) is 13.0. The van der Waals surface area contributed by atoms with Gasteiger partial charge < -0.3 is 19.2 Å². The minimum atomic E-state index is -0.349. The van der Waals surface area contributed by atoms with E-state index in [4.69, 9.17) is 4.74 Å². The van der Waals surface area contributed by atoms with E-state index in [1.807, 2.05) is 30.9 Å². The summed E-state index contributed by atoms with van der Waals surface area (Å²) in [4.78, 5) is 26.7. The number of hydrogen-bond donors (Lipinski definition) is 1. The number of nitrogens with one attached hydrogen (secondary N) is 1. The van der Waals surface area contributed by atoms with Gasteiger partial charge in [-0.25, -0.2) is 4.79 Å². The van der Waals surface area contributed by atoms with Gasteiger partial charge in [-0.3, -0.25) is 4.79 Å². The number of carbonyl (C=O) groups excluding carboxylic acids is 2. The van der Waals surface area contributed by atoms with Crippen LogP contribution < -0.4 is 5.32 Å². The molecule has 8 nitrogen and oxygen atoms in total. The summed E-state index contributed by atoms with van der Waals surface area (Å²) in [6.45, 7) is 2.11. The van der Waals surface area contributed by atoms with Crippen molar-refractivity contribution in [3.63, 3.8) is 0 Å². The van der Waals surface area contributed by atoms with Crippen molar-refractivity contribution < 1.29 is 14.3 Å². The molecule has 0 bridgehead atoms. The molecule has 0 radical (unpaired) electrons. The van der Waals surface area contributed by atoms with E-state index in [-0.39, 0.29) is 17.6 Å². The molecule has 10 heteroatoms. The lowest BCUT2D eigenvalue weighted by molar-refractivity contribution is -0.113. The molecule has 3 aromatic heterocycles. The van der Waals surface area contributed by atoms with Crippen molar-refractivity contribution in [2.75, 3.05) is 17.7 Å². The number of hydrogen-bond acceptors (Lipinski definition) is 7. The van der Waals surface area contributed by atoms with E-state index >= 15 is 0 Å². The highest BCUT2D eigenvalue weighted by molar-refractivity contribution is 7.99. The van der Waals surface area contributed by atoms with Crippen LogP contribution in [0.4, 0.5) is 5.00 Å². The van der Waals surface area contributed by atoms with E-state index in [2.05, 4.69) is 26.1 Å². The van der Waals surface area contributed by atoms with Crippen molar-refractivity contribution in [1.29, 1.82) is 0 Å². The lowest BCUT2D eigenvalue weighted by atomic mass is 10.1. The van der Waals surface area contributed by atoms with E-state index < -0.39 is 0 Å². The fraction of sp³-hybridized carbons (Fsp3) is 0.478. The Bertz CT molecular complexity index is 1150. The average molecular weight is 488 g/mol. The molecule has 0 aliphatic heterocycles. The number of carbonyl (C=O) groups is 2. The van der Waals surface area contributed by atoms with Crippen molar-refractivity contribution in [2.45, 2.75) is 50.6 Å². The van der Waals surface area contributed by atoms with Crippen LogP contribution in [0.2, 0.25) is 0 Å². The number of thiophene rings is 1. The zero-order valence-electron chi connectivity index (χ0n) is 19.2. The average Bonchev–Trinajstić information content (AvgIpc) is 3.40. The quantitative estimate of drug-likeness (QED) is 0.294. The molecule has 3 aromatic rings. The third-order valence-corrected chi connectivity index (χ3v) is 8.03. The molecule has 4 rings (SSSR count). The van der Waals surface area contributed by atoms with Crippen molar-refractivity contribution in [3.8, 4) is 0 Å². The molecule has 1 aliphatic carbocycles. The van der Waals surface area contributed by atoms with Crippen molar-refractivity contribution in [3.05, 3.63) is 45.9 Å². The molecule has 176 valence electrons. The Morgan fingerprint density at radius 2 is 2.03 bits per heavy atom. The second-order valence-corrected chi connectivity index (χ2v) is 10.1. The van der Waals surface area contributed by atoms with E-state index in [1.54, 1.807) is 6.92 Å². The molecule has 1 aliphatic rings. The lowest BCUT2D eigenvalue weighted by Gasteiger charge is -2.08. The summed E-state index contributed by atoms with van der Waals surface area (Å²) < 4.78 is 9.28. The largest absolute Gasteiger partial charge is 0.462 e. The number of aromatic nitrogens is 4. The van der Waals surface area contributed by atoms with Gasteiger partial charge in [0.2, 0.25) is 5.91 Å². The molecule has 0 atom stereocenters. The van der Waals surface area contributed by atoms with Crippen LogP contribution in [0.25, 0.3) is 0 Å². The topological polar surface area (TPSA) is 91.0 Å². The number of amides is 1. The van der Waals surface area contributed by atoms with E-state index in [0.29, 0.717) is 28.7 Å². The zero-order chi connectivity index (χ0) is 23.4. The summed E-state index contributed by atoms with van der Waals surface area (Å²) >= 11 is 2.85. The maximum Gasteiger partial charge on any atom is 0.341 e. The number of fused-ring (bicyclic) bond motifs is 1. The van der Waals surface area contributed by atoms with Gasteiger partial charge in [0.05, 0.1) is 17.9 Å². The van der Waals surface area contributed by atoms with Crippen LogP contribution >= 0.6 is 23.1 Å². The Balaban J connectivity index is 1.43. The normalized spacial score (nSPS) is 13.4. The van der Waals surface area contributed by atoms with E-state index in [9.17, 15) is 9.59 Å². The van der Waals surface area contributed by atoms with Crippen LogP contribution in [0.15, 0.2) is 23.5 Å². The number of esters is 1. The Hall–Kier alpha value is -2.59. The maximum absolute atomic E-state index is 12.8. The third-order valence-electron chi connectivity index (χ3n) is 5.80. The molecular weight excluding hydrogens is 458 g/mol. The molecule has 0 saturated carbocycles. The smallest absolute Gasteiger partial charge is 0.341 e. The predicted molar refractivity (Wildman–Crippen MR) is 130 cm³/mol. The molecule has 0 fully saturated rings. The summed E-state index contributed by atoms with van der Waals surface area (Å²) in [7, 11) is 3.91. The van der Waals surface area contributed by atoms with Gasteiger partial charge in [-0.2, -0.15) is 0 Å². The number of ether oxygens (including phenoxy) is 1. The molecular formula is C23H29N5O3S2. The second kappa shape index (κ2) is 10.6. The Labute approximate surface area is 201 Å². The highest BCUT2D eigenvalue weighted by Gasteiger charge is 2.26. The number of rotatable bonds is 8. The maximum atomic E-state index is 12.8. The minimum Gasteiger partial charge on any atom is -0.462 e. The van der Waals surface area contributed by atoms with Gasteiger partial charge in [0.15, 0.2) is 5.16 Å². The van der Waals surface area contributed by atoms with Gasteiger partial charge in [0, 0.05) is 37.3 Å². The number of nitrogens with zero attached hydrogens (tertiary/aromatic N) is 4. The predicted octanol–water partition coefficient (Wildman–Crippen LogP) is 3.98. The molecule has 0 aromatic carbocycles. The summed E-state index contributed by atoms with van der Waals surface area (Å²) in [5.41, 5.74) is 2.74. The number of anilines is 1. The minimum absolute atomic E-state index is 0.172. The van der Waals surface area contributed by atoms with Gasteiger partial charge in [0.1, 0.15) is 10.8 Å². The van der Waals surface area contributed by atoms with Gasteiger partial charge in [-0.15, -0.1) is 21.5 Å². The highest BCUT2D eigenvalue weighted by atomic mass is 32.2. The Kier molecular flexibility index (Phi) is 7.54. The molecule has 0 saturated heterocycles. The van der Waals surface area contributed by atoms with E-state index in [0.717, 1.165) is 49.2 Å². The van der Waals surface area contributed by atoms with Gasteiger partial charge in [-0.1, -0.05) is 18.2 Å². The molecule has 3 heterocycles. The summed E-state index contributed by atoms with van der Waals surface area (Å²) in [6, 6.07) is 4.05. The first-order chi connectivity index (χ1) is 16.0. The van der Waals surface area contributed by atoms with Gasteiger partial charge in [0.25, 0.3) is 0 Å². The lowest BCUT2D eigenvalue weighted by Crippen LogP contribution is -2.17. The van der Waals surface area contributed by atoms with Crippen molar-refractivity contribution in [1.82, 2.24) is 19.3 Å². The number of aryl methyl sites for hydroxylation is 2. The molecule has 33 heavy (non-hydrogen) atoms. The fourth-order valence-electron chi connectivity index (χ4n) is 4.01. The Morgan fingerprint density at radius 1 is 1.21 bits per heavy atom. The fourth-order valence-corrected chi connectivity index (χ4v) is 6.03. The van der Waals surface area contributed by atoms with Crippen molar-refractivity contribution in [2.24, 2.45) is 14.1 Å². The standard InChI is InChI=1S/C23H29N5O3S2/c1-4-31-22(30)20-16-10-6-5-7-11-17(16)33-21(20)24-19(29)14-32-23-26-25-18(28(23)3)13-15-9-8-12-27(15)2/h8-9,12H,4-7,10-11,13-14H2,1-3H3,(H,24,29). The molecule has 0 unspecified atom stereocenters. The van der Waals surface area contributed by atoms with Crippen molar-refractivity contribution >= 4 is 40.0 Å². The van der Waals surface area contributed by atoms with Crippen LogP contribution in [-0.2, 0) is 42.9 Å². The molecule has 1 amide bonds. The summed E-state index contributed by atoms with van der Waals surface area (Å²) in [5, 5.41) is 12.8. The first kappa shape index (κ1) is 23.6. The third kappa shape index (κ3) is 5.33. The zero-order valence-corrected chi connectivity index (χ0v) is 20.9.